The van der Waals surface area contributed by atoms with Crippen molar-refractivity contribution in [1.82, 2.24) is 15.0 Å². The quantitative estimate of drug-likeness (QED) is 0.268. The Labute approximate surface area is 122 Å². The fourth-order valence-electron chi connectivity index (χ4n) is 1.46. The number of hydrogen-bond acceptors (Lipinski definition) is 9. The summed E-state index contributed by atoms with van der Waals surface area (Å²) in [5.74, 6) is 0.479. The van der Waals surface area contributed by atoms with Crippen molar-refractivity contribution in [2.24, 2.45) is 10.9 Å². The molecule has 118 valence electrons. The van der Waals surface area contributed by atoms with E-state index in [-0.39, 0.29) is 17.9 Å². The van der Waals surface area contributed by atoms with E-state index in [0.29, 0.717) is 32.1 Å². The van der Waals surface area contributed by atoms with Crippen molar-refractivity contribution < 1.29 is 19.4 Å². The molecule has 0 saturated carbocycles. The lowest BCUT2D eigenvalue weighted by Gasteiger charge is -2.22. The number of anilines is 1. The topological polar surface area (TPSA) is 128 Å². The number of aromatic nitrogens is 3. The van der Waals surface area contributed by atoms with Gasteiger partial charge in [-0.1, -0.05) is 5.16 Å². The van der Waals surface area contributed by atoms with Crippen molar-refractivity contribution in [1.29, 1.82) is 0 Å². The van der Waals surface area contributed by atoms with Gasteiger partial charge in [0.15, 0.2) is 0 Å². The highest BCUT2D eigenvalue weighted by Crippen LogP contribution is 2.16. The molecule has 1 heterocycles. The highest BCUT2D eigenvalue weighted by molar-refractivity contribution is 5.80. The first-order chi connectivity index (χ1) is 10.1. The number of methoxy groups -OCH3 is 3. The highest BCUT2D eigenvalue weighted by atomic mass is 16.5. The molecule has 0 aliphatic carbocycles. The molecule has 1 aromatic heterocycles. The van der Waals surface area contributed by atoms with Gasteiger partial charge >= 0.3 is 12.0 Å². The summed E-state index contributed by atoms with van der Waals surface area (Å²) in [6.45, 7) is 1.42. The average molecular weight is 300 g/mol. The third-order valence-corrected chi connectivity index (χ3v) is 2.56. The maximum atomic E-state index is 8.60. The normalized spacial score (nSPS) is 11.3. The first-order valence-corrected chi connectivity index (χ1v) is 6.19. The molecule has 0 unspecified atom stereocenters. The molecule has 0 amide bonds. The Morgan fingerprint density at radius 2 is 1.76 bits per heavy atom. The molecule has 1 aromatic rings. The van der Waals surface area contributed by atoms with Crippen LogP contribution in [0.2, 0.25) is 0 Å². The van der Waals surface area contributed by atoms with E-state index >= 15 is 0 Å². The zero-order chi connectivity index (χ0) is 15.7. The second kappa shape index (κ2) is 8.74. The molecule has 0 saturated heterocycles. The number of oxime groups is 1. The predicted octanol–water partition coefficient (Wildman–Crippen LogP) is -0.522. The molecule has 0 atom stereocenters. The van der Waals surface area contributed by atoms with E-state index in [9.17, 15) is 0 Å². The fourth-order valence-corrected chi connectivity index (χ4v) is 1.46. The Morgan fingerprint density at radius 1 is 1.14 bits per heavy atom. The van der Waals surface area contributed by atoms with Crippen LogP contribution in [0.5, 0.6) is 12.0 Å². The van der Waals surface area contributed by atoms with Gasteiger partial charge in [-0.3, -0.25) is 0 Å². The summed E-state index contributed by atoms with van der Waals surface area (Å²) >= 11 is 0. The summed E-state index contributed by atoms with van der Waals surface area (Å²) in [5, 5.41) is 11.5. The maximum absolute atomic E-state index is 8.60. The minimum atomic E-state index is 0.116. The number of amidine groups is 1. The second-order valence-corrected chi connectivity index (χ2v) is 3.93. The average Bonchev–Trinajstić information content (AvgIpc) is 2.53. The van der Waals surface area contributed by atoms with Gasteiger partial charge in [0.25, 0.3) is 0 Å². The van der Waals surface area contributed by atoms with E-state index in [0.717, 1.165) is 0 Å². The molecular formula is C11H20N6O4. The van der Waals surface area contributed by atoms with Crippen LogP contribution in [0, 0.1) is 0 Å². The van der Waals surface area contributed by atoms with E-state index < -0.39 is 0 Å². The molecule has 0 bridgehead atoms. The van der Waals surface area contributed by atoms with Gasteiger partial charge in [0.2, 0.25) is 5.95 Å². The van der Waals surface area contributed by atoms with Crippen molar-refractivity contribution in [3.8, 4) is 12.0 Å². The molecule has 0 fully saturated rings. The Balaban J connectivity index is 2.94. The van der Waals surface area contributed by atoms with Crippen LogP contribution in [-0.4, -0.2) is 67.0 Å². The zero-order valence-corrected chi connectivity index (χ0v) is 12.3. The largest absolute Gasteiger partial charge is 0.467 e. The molecule has 0 spiro atoms. The summed E-state index contributed by atoms with van der Waals surface area (Å²) in [7, 11) is 4.50. The number of ether oxygens (including phenoxy) is 3. The molecule has 0 aromatic carbocycles. The monoisotopic (exact) mass is 300 g/mol. The van der Waals surface area contributed by atoms with E-state index in [1.807, 2.05) is 0 Å². The van der Waals surface area contributed by atoms with Crippen LogP contribution in [0.1, 0.15) is 6.42 Å². The van der Waals surface area contributed by atoms with Gasteiger partial charge in [0, 0.05) is 26.6 Å². The summed E-state index contributed by atoms with van der Waals surface area (Å²) in [6, 6.07) is 0.283. The number of nitrogens with two attached hydrogens (primary N) is 1. The summed E-state index contributed by atoms with van der Waals surface area (Å²) in [6.07, 6.45) is 0.344. The van der Waals surface area contributed by atoms with Crippen LogP contribution < -0.4 is 20.1 Å². The van der Waals surface area contributed by atoms with Crippen LogP contribution in [0.4, 0.5) is 5.95 Å². The van der Waals surface area contributed by atoms with E-state index in [4.69, 9.17) is 25.2 Å². The summed E-state index contributed by atoms with van der Waals surface area (Å²) in [4.78, 5) is 14.1. The number of nitrogens with zero attached hydrogens (tertiary/aromatic N) is 5. The number of rotatable bonds is 9. The van der Waals surface area contributed by atoms with Crippen LogP contribution in [-0.2, 0) is 4.74 Å². The SMILES string of the molecule is COCCN(CCC(N)=NO)c1nc(OC)nc(OC)n1. The third kappa shape index (κ3) is 5.26. The van der Waals surface area contributed by atoms with Crippen molar-refractivity contribution in [2.45, 2.75) is 6.42 Å². The Kier molecular flexibility index (Phi) is 6.95. The summed E-state index contributed by atoms with van der Waals surface area (Å²) in [5.41, 5.74) is 5.48. The van der Waals surface area contributed by atoms with Gasteiger partial charge in [-0.05, 0) is 0 Å². The van der Waals surface area contributed by atoms with Crippen molar-refractivity contribution in [2.75, 3.05) is 45.9 Å². The first-order valence-electron chi connectivity index (χ1n) is 6.19. The molecular weight excluding hydrogens is 280 g/mol. The highest BCUT2D eigenvalue weighted by Gasteiger charge is 2.15. The minimum Gasteiger partial charge on any atom is -0.467 e. The van der Waals surface area contributed by atoms with Crippen LogP contribution in [0.15, 0.2) is 5.16 Å². The van der Waals surface area contributed by atoms with Gasteiger partial charge in [0.05, 0.1) is 20.8 Å². The molecule has 10 nitrogen and oxygen atoms in total. The van der Waals surface area contributed by atoms with Crippen molar-refractivity contribution in [3.63, 3.8) is 0 Å². The Morgan fingerprint density at radius 3 is 2.24 bits per heavy atom. The van der Waals surface area contributed by atoms with E-state index in [2.05, 4.69) is 20.1 Å². The lowest BCUT2D eigenvalue weighted by molar-refractivity contribution is 0.205. The fraction of sp³-hybridized carbons (Fsp3) is 0.636. The summed E-state index contributed by atoms with van der Waals surface area (Å²) < 4.78 is 15.1. The zero-order valence-electron chi connectivity index (χ0n) is 12.3. The van der Waals surface area contributed by atoms with Crippen LogP contribution in [0.25, 0.3) is 0 Å². The minimum absolute atomic E-state index is 0.116. The predicted molar refractivity (Wildman–Crippen MR) is 75.0 cm³/mol. The molecule has 1 rings (SSSR count). The van der Waals surface area contributed by atoms with Gasteiger partial charge in [-0.2, -0.15) is 9.97 Å². The van der Waals surface area contributed by atoms with Gasteiger partial charge in [-0.25, -0.2) is 0 Å². The third-order valence-electron chi connectivity index (χ3n) is 2.56. The molecule has 21 heavy (non-hydrogen) atoms. The van der Waals surface area contributed by atoms with Crippen molar-refractivity contribution in [3.05, 3.63) is 0 Å². The molecule has 0 aliphatic rings. The lowest BCUT2D eigenvalue weighted by Crippen LogP contribution is -2.32. The molecule has 3 N–H and O–H groups in total. The van der Waals surface area contributed by atoms with Crippen molar-refractivity contribution >= 4 is 11.8 Å². The molecule has 10 heteroatoms. The standard InChI is InChI=1S/C11H20N6O4/c1-19-7-6-17(5-4-8(12)16-18)9-13-10(20-2)15-11(14-9)21-3/h18H,4-7H2,1-3H3,(H2,12,16). The van der Waals surface area contributed by atoms with Gasteiger partial charge in [0.1, 0.15) is 5.84 Å². The smallest absolute Gasteiger partial charge is 0.324 e. The number of hydrogen-bond donors (Lipinski definition) is 2. The first kappa shape index (κ1) is 16.7. The van der Waals surface area contributed by atoms with Gasteiger partial charge < -0.3 is 30.1 Å². The van der Waals surface area contributed by atoms with E-state index in [1.165, 1.54) is 14.2 Å². The second-order valence-electron chi connectivity index (χ2n) is 3.93. The Hall–Kier alpha value is -2.36. The van der Waals surface area contributed by atoms with Crippen LogP contribution >= 0.6 is 0 Å². The maximum Gasteiger partial charge on any atom is 0.324 e. The van der Waals surface area contributed by atoms with E-state index in [1.54, 1.807) is 12.0 Å². The lowest BCUT2D eigenvalue weighted by atomic mass is 10.3. The Bertz CT molecular complexity index is 448. The van der Waals surface area contributed by atoms with Gasteiger partial charge in [-0.15, -0.1) is 4.98 Å². The molecule has 0 radical (unpaired) electrons. The van der Waals surface area contributed by atoms with Crippen LogP contribution in [0.3, 0.4) is 0 Å². The molecule has 0 aliphatic heterocycles.